The zero-order valence-corrected chi connectivity index (χ0v) is 7.68. The number of hydrogen-bond acceptors (Lipinski definition) is 2. The first-order valence-electron chi connectivity index (χ1n) is 4.17. The molecule has 1 aromatic rings. The highest BCUT2D eigenvalue weighted by molar-refractivity contribution is 5.87. The standard InChI is InChI=1S/C10H9F3N2/c11-10(12,13)9-3-1-2-7(4-9)8(5-14)6-15/h1-6,8,14-15H. The summed E-state index contributed by atoms with van der Waals surface area (Å²) in [5.41, 5.74) is -0.455. The van der Waals surface area contributed by atoms with Gasteiger partial charge in [-0.3, -0.25) is 0 Å². The third kappa shape index (κ3) is 2.65. The fraction of sp³-hybridized carbons (Fsp3) is 0.200. The summed E-state index contributed by atoms with van der Waals surface area (Å²) in [4.78, 5) is 0. The van der Waals surface area contributed by atoms with Crippen molar-refractivity contribution >= 4 is 12.4 Å². The van der Waals surface area contributed by atoms with E-state index in [4.69, 9.17) is 10.8 Å². The number of rotatable bonds is 3. The van der Waals surface area contributed by atoms with E-state index < -0.39 is 17.7 Å². The molecule has 1 aromatic carbocycles. The lowest BCUT2D eigenvalue weighted by atomic mass is 9.99. The Kier molecular flexibility index (Phi) is 3.24. The average molecular weight is 214 g/mol. The van der Waals surface area contributed by atoms with Gasteiger partial charge in [-0.2, -0.15) is 13.2 Å². The number of nitrogens with one attached hydrogen (secondary N) is 2. The SMILES string of the molecule is N=CC(C=N)c1cccc(C(F)(F)F)c1. The van der Waals surface area contributed by atoms with Gasteiger partial charge in [0.1, 0.15) is 0 Å². The topological polar surface area (TPSA) is 47.7 Å². The van der Waals surface area contributed by atoms with Crippen LogP contribution in [0.1, 0.15) is 17.0 Å². The van der Waals surface area contributed by atoms with E-state index in [1.807, 2.05) is 0 Å². The van der Waals surface area contributed by atoms with Gasteiger partial charge >= 0.3 is 6.18 Å². The predicted molar refractivity (Wildman–Crippen MR) is 51.8 cm³/mol. The molecular formula is C10H9F3N2. The zero-order chi connectivity index (χ0) is 11.5. The van der Waals surface area contributed by atoms with Crippen LogP contribution in [0.2, 0.25) is 0 Å². The molecule has 0 amide bonds. The van der Waals surface area contributed by atoms with Crippen molar-refractivity contribution in [2.45, 2.75) is 12.1 Å². The van der Waals surface area contributed by atoms with Crippen molar-refractivity contribution in [2.24, 2.45) is 0 Å². The van der Waals surface area contributed by atoms with Crippen LogP contribution in [0.5, 0.6) is 0 Å². The summed E-state index contributed by atoms with van der Waals surface area (Å²) < 4.78 is 37.0. The lowest BCUT2D eigenvalue weighted by Crippen LogP contribution is -2.07. The van der Waals surface area contributed by atoms with Crippen LogP contribution in [0.4, 0.5) is 13.2 Å². The van der Waals surface area contributed by atoms with Crippen molar-refractivity contribution in [1.29, 1.82) is 10.8 Å². The molecule has 0 aliphatic heterocycles. The highest BCUT2D eigenvalue weighted by Gasteiger charge is 2.30. The van der Waals surface area contributed by atoms with E-state index in [1.165, 1.54) is 12.1 Å². The van der Waals surface area contributed by atoms with Crippen molar-refractivity contribution in [3.63, 3.8) is 0 Å². The van der Waals surface area contributed by atoms with Gasteiger partial charge in [0.05, 0.1) is 11.5 Å². The Morgan fingerprint density at radius 1 is 1.13 bits per heavy atom. The molecule has 0 saturated carbocycles. The fourth-order valence-electron chi connectivity index (χ4n) is 1.16. The molecule has 0 fully saturated rings. The molecule has 0 spiro atoms. The Hall–Kier alpha value is -1.65. The van der Waals surface area contributed by atoms with Crippen LogP contribution < -0.4 is 0 Å². The second kappa shape index (κ2) is 4.25. The zero-order valence-electron chi connectivity index (χ0n) is 7.68. The molecule has 0 bridgehead atoms. The lowest BCUT2D eigenvalue weighted by Gasteiger charge is -2.10. The molecule has 0 radical (unpaired) electrons. The predicted octanol–water partition coefficient (Wildman–Crippen LogP) is 3.09. The maximum Gasteiger partial charge on any atom is 0.416 e. The average Bonchev–Trinajstić information content (AvgIpc) is 2.19. The minimum atomic E-state index is -4.38. The number of benzene rings is 1. The lowest BCUT2D eigenvalue weighted by molar-refractivity contribution is -0.137. The maximum absolute atomic E-state index is 12.3. The molecule has 0 atom stereocenters. The third-order valence-corrected chi connectivity index (χ3v) is 1.96. The summed E-state index contributed by atoms with van der Waals surface area (Å²) in [6.45, 7) is 0. The van der Waals surface area contributed by atoms with Gasteiger partial charge in [0.2, 0.25) is 0 Å². The molecule has 2 nitrogen and oxygen atoms in total. The van der Waals surface area contributed by atoms with E-state index in [0.717, 1.165) is 24.6 Å². The number of alkyl halides is 3. The molecule has 15 heavy (non-hydrogen) atoms. The third-order valence-electron chi connectivity index (χ3n) is 1.96. The van der Waals surface area contributed by atoms with Crippen molar-refractivity contribution in [1.82, 2.24) is 0 Å². The highest BCUT2D eigenvalue weighted by atomic mass is 19.4. The number of hydrogen-bond donors (Lipinski definition) is 2. The highest BCUT2D eigenvalue weighted by Crippen LogP contribution is 2.30. The van der Waals surface area contributed by atoms with Crippen molar-refractivity contribution < 1.29 is 13.2 Å². The van der Waals surface area contributed by atoms with Gasteiger partial charge < -0.3 is 10.8 Å². The minimum Gasteiger partial charge on any atom is -0.312 e. The van der Waals surface area contributed by atoms with Crippen molar-refractivity contribution in [3.8, 4) is 0 Å². The summed E-state index contributed by atoms with van der Waals surface area (Å²) in [5, 5.41) is 13.9. The van der Waals surface area contributed by atoms with Crippen LogP contribution in [0.25, 0.3) is 0 Å². The normalized spacial score (nSPS) is 13.3. The Bertz CT molecular complexity index is 363. The second-order valence-corrected chi connectivity index (χ2v) is 2.98. The first kappa shape index (κ1) is 11.4. The summed E-state index contributed by atoms with van der Waals surface area (Å²) in [6, 6.07) is 4.67. The molecule has 0 aromatic heterocycles. The van der Waals surface area contributed by atoms with E-state index in [9.17, 15) is 13.2 Å². The first-order valence-corrected chi connectivity index (χ1v) is 4.17. The van der Waals surface area contributed by atoms with E-state index in [0.29, 0.717) is 5.56 Å². The molecule has 80 valence electrons. The van der Waals surface area contributed by atoms with E-state index in [-0.39, 0.29) is 0 Å². The van der Waals surface area contributed by atoms with Gasteiger partial charge in [-0.15, -0.1) is 0 Å². The largest absolute Gasteiger partial charge is 0.416 e. The van der Waals surface area contributed by atoms with E-state index in [2.05, 4.69) is 0 Å². The van der Waals surface area contributed by atoms with E-state index >= 15 is 0 Å². The van der Waals surface area contributed by atoms with Crippen LogP contribution in [-0.2, 0) is 6.18 Å². The van der Waals surface area contributed by atoms with Crippen LogP contribution >= 0.6 is 0 Å². The Balaban J connectivity index is 3.12. The van der Waals surface area contributed by atoms with Crippen LogP contribution in [0, 0.1) is 10.8 Å². The summed E-state index contributed by atoms with van der Waals surface area (Å²) in [7, 11) is 0. The first-order chi connectivity index (χ1) is 6.99. The summed E-state index contributed by atoms with van der Waals surface area (Å²) >= 11 is 0. The maximum atomic E-state index is 12.3. The molecule has 0 aliphatic rings. The van der Waals surface area contributed by atoms with Gasteiger partial charge in [0.15, 0.2) is 0 Å². The minimum absolute atomic E-state index is 0.301. The van der Waals surface area contributed by atoms with Crippen molar-refractivity contribution in [2.75, 3.05) is 0 Å². The molecule has 0 aliphatic carbocycles. The van der Waals surface area contributed by atoms with Crippen LogP contribution in [0.15, 0.2) is 24.3 Å². The monoisotopic (exact) mass is 214 g/mol. The smallest absolute Gasteiger partial charge is 0.312 e. The molecule has 5 heteroatoms. The molecule has 0 saturated heterocycles. The van der Waals surface area contributed by atoms with Gasteiger partial charge in [-0.1, -0.05) is 18.2 Å². The molecule has 0 heterocycles. The van der Waals surface area contributed by atoms with E-state index in [1.54, 1.807) is 0 Å². The Morgan fingerprint density at radius 2 is 1.73 bits per heavy atom. The van der Waals surface area contributed by atoms with Crippen LogP contribution in [-0.4, -0.2) is 12.4 Å². The van der Waals surface area contributed by atoms with Crippen molar-refractivity contribution in [3.05, 3.63) is 35.4 Å². The Morgan fingerprint density at radius 3 is 2.20 bits per heavy atom. The fourth-order valence-corrected chi connectivity index (χ4v) is 1.16. The molecule has 2 N–H and O–H groups in total. The summed E-state index contributed by atoms with van der Waals surface area (Å²) in [5.74, 6) is -0.688. The van der Waals surface area contributed by atoms with Gasteiger partial charge in [0.25, 0.3) is 0 Å². The second-order valence-electron chi connectivity index (χ2n) is 2.98. The van der Waals surface area contributed by atoms with Gasteiger partial charge in [-0.05, 0) is 11.6 Å². The molecule has 0 unspecified atom stereocenters. The quantitative estimate of drug-likeness (QED) is 0.726. The van der Waals surface area contributed by atoms with Crippen LogP contribution in [0.3, 0.4) is 0 Å². The Labute approximate surface area is 84.8 Å². The molecular weight excluding hydrogens is 205 g/mol. The van der Waals surface area contributed by atoms with Gasteiger partial charge in [-0.25, -0.2) is 0 Å². The van der Waals surface area contributed by atoms with Gasteiger partial charge in [0, 0.05) is 12.4 Å². The molecule has 1 rings (SSSR count). The summed E-state index contributed by atoms with van der Waals surface area (Å²) in [6.07, 6.45) is -2.52. The number of halogens is 3.